The molecular formula is C23H24N2O4S2. The van der Waals surface area contributed by atoms with E-state index in [2.05, 4.69) is 5.32 Å². The first-order valence-electron chi connectivity index (χ1n) is 9.71. The van der Waals surface area contributed by atoms with Gasteiger partial charge >= 0.3 is 0 Å². The summed E-state index contributed by atoms with van der Waals surface area (Å²) >= 11 is 1.52. The molecule has 0 saturated carbocycles. The van der Waals surface area contributed by atoms with E-state index in [4.69, 9.17) is 4.74 Å². The first-order valence-corrected chi connectivity index (χ1v) is 12.0. The van der Waals surface area contributed by atoms with Crippen molar-refractivity contribution in [2.75, 3.05) is 25.5 Å². The number of para-hydroxylation sites is 1. The Hall–Kier alpha value is -2.81. The minimum Gasteiger partial charge on any atom is -0.494 e. The highest BCUT2D eigenvalue weighted by molar-refractivity contribution is 7.99. The number of hydrogen-bond acceptors (Lipinski definition) is 5. The van der Waals surface area contributed by atoms with Crippen molar-refractivity contribution in [3.8, 4) is 5.75 Å². The molecule has 0 aliphatic rings. The predicted molar refractivity (Wildman–Crippen MR) is 123 cm³/mol. The number of nitrogens with zero attached hydrogens (tertiary/aromatic N) is 1. The van der Waals surface area contributed by atoms with Crippen LogP contribution in [0.25, 0.3) is 0 Å². The average molecular weight is 457 g/mol. The van der Waals surface area contributed by atoms with Crippen molar-refractivity contribution in [1.29, 1.82) is 0 Å². The number of rotatable bonds is 9. The number of carbonyl (C=O) groups excluding carboxylic acids is 1. The van der Waals surface area contributed by atoms with Gasteiger partial charge in [0.2, 0.25) is 15.9 Å². The number of likely N-dealkylation sites (N-methyl/N-ethyl adjacent to an activating group) is 1. The molecule has 162 valence electrons. The van der Waals surface area contributed by atoms with Crippen LogP contribution in [0.1, 0.15) is 6.92 Å². The maximum absolute atomic E-state index is 12.8. The van der Waals surface area contributed by atoms with Crippen LogP contribution in [0.3, 0.4) is 0 Å². The normalized spacial score (nSPS) is 11.3. The zero-order valence-corrected chi connectivity index (χ0v) is 18.9. The number of sulfonamides is 1. The van der Waals surface area contributed by atoms with Gasteiger partial charge in [-0.25, -0.2) is 8.42 Å². The number of ether oxygens (including phenoxy) is 1. The molecule has 6 nitrogen and oxygen atoms in total. The van der Waals surface area contributed by atoms with Gasteiger partial charge in [-0.1, -0.05) is 42.1 Å². The lowest BCUT2D eigenvalue weighted by atomic mass is 10.3. The zero-order valence-electron chi connectivity index (χ0n) is 17.3. The van der Waals surface area contributed by atoms with E-state index in [9.17, 15) is 13.2 Å². The molecule has 31 heavy (non-hydrogen) atoms. The van der Waals surface area contributed by atoms with E-state index in [1.54, 1.807) is 18.2 Å². The van der Waals surface area contributed by atoms with E-state index in [-0.39, 0.29) is 11.4 Å². The maximum Gasteiger partial charge on any atom is 0.243 e. The first-order chi connectivity index (χ1) is 14.9. The highest BCUT2D eigenvalue weighted by Gasteiger charge is 2.23. The fourth-order valence-electron chi connectivity index (χ4n) is 2.81. The first kappa shape index (κ1) is 22.9. The number of hydrogen-bond donors (Lipinski definition) is 1. The van der Waals surface area contributed by atoms with E-state index in [1.165, 1.54) is 30.9 Å². The standard InChI is InChI=1S/C23H24N2O4S2/c1-3-29-18-13-15-20(16-14-18)31(27,28)25(2)17-23(26)24-21-11-7-8-12-22(21)30-19-9-5-4-6-10-19/h4-16H,3,17H2,1-2H3,(H,24,26). The third-order valence-electron chi connectivity index (χ3n) is 4.34. The fraction of sp³-hybridized carbons (Fsp3) is 0.174. The predicted octanol–water partition coefficient (Wildman–Crippen LogP) is 4.50. The van der Waals surface area contributed by atoms with Gasteiger partial charge in [0, 0.05) is 16.8 Å². The van der Waals surface area contributed by atoms with Crippen LogP contribution < -0.4 is 10.1 Å². The Bertz CT molecular complexity index is 1120. The third kappa shape index (κ3) is 6.10. The summed E-state index contributed by atoms with van der Waals surface area (Å²) in [7, 11) is -2.42. The van der Waals surface area contributed by atoms with Crippen LogP contribution in [0, 0.1) is 0 Å². The van der Waals surface area contributed by atoms with E-state index in [0.717, 1.165) is 14.1 Å². The highest BCUT2D eigenvalue weighted by atomic mass is 32.2. The molecule has 0 spiro atoms. The second-order valence-corrected chi connectivity index (χ2v) is 9.79. The van der Waals surface area contributed by atoms with Gasteiger partial charge in [0.05, 0.1) is 23.7 Å². The van der Waals surface area contributed by atoms with Crippen molar-refractivity contribution in [1.82, 2.24) is 4.31 Å². The molecular weight excluding hydrogens is 432 g/mol. The largest absolute Gasteiger partial charge is 0.494 e. The number of benzene rings is 3. The summed E-state index contributed by atoms with van der Waals surface area (Å²) in [5, 5.41) is 2.83. The molecule has 8 heteroatoms. The molecule has 3 rings (SSSR count). The molecule has 0 aliphatic heterocycles. The number of anilines is 1. The topological polar surface area (TPSA) is 75.7 Å². The Labute approximate surface area is 187 Å². The van der Waals surface area contributed by atoms with Gasteiger partial charge in [-0.2, -0.15) is 4.31 Å². The minimum atomic E-state index is -3.80. The lowest BCUT2D eigenvalue weighted by molar-refractivity contribution is -0.116. The Morgan fingerprint density at radius 3 is 2.29 bits per heavy atom. The average Bonchev–Trinajstić information content (AvgIpc) is 2.76. The molecule has 0 heterocycles. The van der Waals surface area contributed by atoms with Crippen molar-refractivity contribution >= 4 is 33.4 Å². The van der Waals surface area contributed by atoms with Gasteiger partial charge in [-0.15, -0.1) is 0 Å². The summed E-state index contributed by atoms with van der Waals surface area (Å²) in [6.07, 6.45) is 0. The molecule has 1 amide bonds. The molecule has 0 atom stereocenters. The second kappa shape index (κ2) is 10.5. The van der Waals surface area contributed by atoms with Crippen LogP contribution in [0.4, 0.5) is 5.69 Å². The van der Waals surface area contributed by atoms with Gasteiger partial charge in [-0.05, 0) is 55.5 Å². The lowest BCUT2D eigenvalue weighted by Crippen LogP contribution is -2.35. The van der Waals surface area contributed by atoms with Crippen LogP contribution in [0.5, 0.6) is 5.75 Å². The summed E-state index contributed by atoms with van der Waals surface area (Å²) in [5.74, 6) is 0.174. The third-order valence-corrected chi connectivity index (χ3v) is 7.24. The Balaban J connectivity index is 1.68. The van der Waals surface area contributed by atoms with Crippen LogP contribution in [0.2, 0.25) is 0 Å². The van der Waals surface area contributed by atoms with E-state index >= 15 is 0 Å². The number of carbonyl (C=O) groups is 1. The van der Waals surface area contributed by atoms with E-state index in [1.807, 2.05) is 55.5 Å². The number of nitrogens with one attached hydrogen (secondary N) is 1. The van der Waals surface area contributed by atoms with Crippen molar-refractivity contribution < 1.29 is 17.9 Å². The van der Waals surface area contributed by atoms with E-state index in [0.29, 0.717) is 18.0 Å². The van der Waals surface area contributed by atoms with Crippen molar-refractivity contribution in [3.05, 3.63) is 78.9 Å². The molecule has 3 aromatic carbocycles. The fourth-order valence-corrected chi connectivity index (χ4v) is 4.86. The van der Waals surface area contributed by atoms with Crippen molar-refractivity contribution in [2.45, 2.75) is 21.6 Å². The molecule has 0 saturated heterocycles. The molecule has 0 bridgehead atoms. The monoisotopic (exact) mass is 456 g/mol. The maximum atomic E-state index is 12.8. The molecule has 0 fully saturated rings. The molecule has 0 aromatic heterocycles. The van der Waals surface area contributed by atoms with Crippen LogP contribution in [-0.2, 0) is 14.8 Å². The highest BCUT2D eigenvalue weighted by Crippen LogP contribution is 2.33. The van der Waals surface area contributed by atoms with Gasteiger partial charge in [0.25, 0.3) is 0 Å². The summed E-state index contributed by atoms with van der Waals surface area (Å²) in [6, 6.07) is 23.4. The molecule has 0 radical (unpaired) electrons. The minimum absolute atomic E-state index is 0.103. The van der Waals surface area contributed by atoms with Crippen LogP contribution in [-0.4, -0.2) is 38.8 Å². The Kier molecular flexibility index (Phi) is 7.73. The van der Waals surface area contributed by atoms with E-state index < -0.39 is 15.9 Å². The smallest absolute Gasteiger partial charge is 0.243 e. The summed E-state index contributed by atoms with van der Waals surface area (Å²) in [5.41, 5.74) is 0.633. The second-order valence-electron chi connectivity index (χ2n) is 6.62. The van der Waals surface area contributed by atoms with Gasteiger partial charge in [0.1, 0.15) is 5.75 Å². The number of amides is 1. The summed E-state index contributed by atoms with van der Waals surface area (Å²) < 4.78 is 32.0. The quantitative estimate of drug-likeness (QED) is 0.513. The Morgan fingerprint density at radius 1 is 0.968 bits per heavy atom. The van der Waals surface area contributed by atoms with Crippen molar-refractivity contribution in [2.24, 2.45) is 0 Å². The van der Waals surface area contributed by atoms with Gasteiger partial charge < -0.3 is 10.1 Å². The molecule has 3 aromatic rings. The lowest BCUT2D eigenvalue weighted by Gasteiger charge is -2.18. The molecule has 0 unspecified atom stereocenters. The summed E-state index contributed by atoms with van der Waals surface area (Å²) in [4.78, 5) is 14.6. The summed E-state index contributed by atoms with van der Waals surface area (Å²) in [6.45, 7) is 2.05. The molecule has 0 aliphatic carbocycles. The van der Waals surface area contributed by atoms with Gasteiger partial charge in [-0.3, -0.25) is 4.79 Å². The van der Waals surface area contributed by atoms with Gasteiger partial charge in [0.15, 0.2) is 0 Å². The van der Waals surface area contributed by atoms with Crippen LogP contribution in [0.15, 0.2) is 93.5 Å². The SMILES string of the molecule is CCOc1ccc(S(=O)(=O)N(C)CC(=O)Nc2ccccc2Sc2ccccc2)cc1. The molecule has 1 N–H and O–H groups in total. The zero-order chi connectivity index (χ0) is 22.3. The van der Waals surface area contributed by atoms with Crippen molar-refractivity contribution in [3.63, 3.8) is 0 Å². The Morgan fingerprint density at radius 2 is 1.61 bits per heavy atom. The van der Waals surface area contributed by atoms with Crippen LogP contribution >= 0.6 is 11.8 Å².